The lowest BCUT2D eigenvalue weighted by molar-refractivity contribution is -0.127. The van der Waals surface area contributed by atoms with Gasteiger partial charge in [0.25, 0.3) is 5.91 Å². The fourth-order valence-electron chi connectivity index (χ4n) is 1.45. The predicted molar refractivity (Wildman–Crippen MR) is 62.5 cm³/mol. The van der Waals surface area contributed by atoms with E-state index in [2.05, 4.69) is 0 Å². The summed E-state index contributed by atoms with van der Waals surface area (Å²) in [5.41, 5.74) is 5.52. The van der Waals surface area contributed by atoms with Crippen molar-refractivity contribution in [2.45, 2.75) is 6.10 Å². The lowest BCUT2D eigenvalue weighted by atomic mass is 10.2. The SMILES string of the molecule is NC(=O)C(OC(=O)c1ccccc1)c1ccco1. The van der Waals surface area contributed by atoms with Gasteiger partial charge in [0, 0.05) is 0 Å². The molecule has 0 radical (unpaired) electrons. The first-order chi connectivity index (χ1) is 8.68. The van der Waals surface area contributed by atoms with E-state index in [4.69, 9.17) is 14.9 Å². The van der Waals surface area contributed by atoms with Crippen LogP contribution in [0.15, 0.2) is 53.1 Å². The molecule has 1 unspecified atom stereocenters. The maximum absolute atomic E-state index is 11.8. The van der Waals surface area contributed by atoms with E-state index < -0.39 is 18.0 Å². The fourth-order valence-corrected chi connectivity index (χ4v) is 1.45. The van der Waals surface area contributed by atoms with Crippen molar-refractivity contribution in [1.82, 2.24) is 0 Å². The van der Waals surface area contributed by atoms with Crippen molar-refractivity contribution in [3.05, 3.63) is 60.1 Å². The van der Waals surface area contributed by atoms with Crippen LogP contribution in [-0.2, 0) is 9.53 Å². The number of nitrogens with two attached hydrogens (primary N) is 1. The molecule has 2 aromatic rings. The van der Waals surface area contributed by atoms with E-state index in [0.717, 1.165) is 0 Å². The summed E-state index contributed by atoms with van der Waals surface area (Å²) >= 11 is 0. The molecule has 1 aromatic heterocycles. The number of hydrogen-bond acceptors (Lipinski definition) is 4. The second kappa shape index (κ2) is 5.18. The zero-order valence-corrected chi connectivity index (χ0v) is 9.41. The third kappa shape index (κ3) is 2.57. The molecule has 0 saturated carbocycles. The number of rotatable bonds is 4. The number of furan rings is 1. The topological polar surface area (TPSA) is 82.5 Å². The average Bonchev–Trinajstić information content (AvgIpc) is 2.90. The summed E-state index contributed by atoms with van der Waals surface area (Å²) in [5.74, 6) is -1.21. The Morgan fingerprint density at radius 2 is 1.83 bits per heavy atom. The number of primary amides is 1. The maximum Gasteiger partial charge on any atom is 0.339 e. The normalized spacial score (nSPS) is 11.8. The van der Waals surface area contributed by atoms with Gasteiger partial charge in [0.15, 0.2) is 5.76 Å². The summed E-state index contributed by atoms with van der Waals surface area (Å²) in [4.78, 5) is 23.0. The van der Waals surface area contributed by atoms with E-state index >= 15 is 0 Å². The molecule has 0 aliphatic heterocycles. The summed E-state index contributed by atoms with van der Waals surface area (Å²) in [7, 11) is 0. The van der Waals surface area contributed by atoms with Crippen molar-refractivity contribution >= 4 is 11.9 Å². The third-order valence-electron chi connectivity index (χ3n) is 2.29. The van der Waals surface area contributed by atoms with Crippen molar-refractivity contribution in [1.29, 1.82) is 0 Å². The van der Waals surface area contributed by atoms with E-state index in [0.29, 0.717) is 5.56 Å². The zero-order chi connectivity index (χ0) is 13.0. The molecule has 5 nitrogen and oxygen atoms in total. The summed E-state index contributed by atoms with van der Waals surface area (Å²) in [6.45, 7) is 0. The molecular formula is C13H11NO4. The van der Waals surface area contributed by atoms with Gasteiger partial charge in [-0.05, 0) is 24.3 Å². The number of esters is 1. The van der Waals surface area contributed by atoms with Crippen LogP contribution in [-0.4, -0.2) is 11.9 Å². The molecule has 1 atom stereocenters. The van der Waals surface area contributed by atoms with Gasteiger partial charge in [-0.1, -0.05) is 18.2 Å². The van der Waals surface area contributed by atoms with Gasteiger partial charge in [-0.3, -0.25) is 4.79 Å². The van der Waals surface area contributed by atoms with Gasteiger partial charge < -0.3 is 14.9 Å². The highest BCUT2D eigenvalue weighted by Crippen LogP contribution is 2.19. The van der Waals surface area contributed by atoms with Gasteiger partial charge in [-0.2, -0.15) is 0 Å². The van der Waals surface area contributed by atoms with Gasteiger partial charge in [0.1, 0.15) is 0 Å². The van der Waals surface area contributed by atoms with Crippen LogP contribution in [0.2, 0.25) is 0 Å². The van der Waals surface area contributed by atoms with Gasteiger partial charge in [0.2, 0.25) is 6.10 Å². The van der Waals surface area contributed by atoms with Crippen LogP contribution < -0.4 is 5.73 Å². The van der Waals surface area contributed by atoms with Crippen LogP contribution >= 0.6 is 0 Å². The Hall–Kier alpha value is -2.56. The Morgan fingerprint density at radius 1 is 1.11 bits per heavy atom. The molecule has 0 saturated heterocycles. The zero-order valence-electron chi connectivity index (χ0n) is 9.41. The van der Waals surface area contributed by atoms with E-state index in [9.17, 15) is 9.59 Å². The molecule has 92 valence electrons. The second-order valence-electron chi connectivity index (χ2n) is 3.57. The monoisotopic (exact) mass is 245 g/mol. The number of hydrogen-bond donors (Lipinski definition) is 1. The average molecular weight is 245 g/mol. The van der Waals surface area contributed by atoms with Crippen molar-refractivity contribution in [3.8, 4) is 0 Å². The first kappa shape index (κ1) is 11.9. The molecule has 0 aliphatic carbocycles. The van der Waals surface area contributed by atoms with E-state index in [1.807, 2.05) is 0 Å². The number of ether oxygens (including phenoxy) is 1. The highest BCUT2D eigenvalue weighted by atomic mass is 16.6. The lowest BCUT2D eigenvalue weighted by Gasteiger charge is -2.12. The molecule has 2 N–H and O–H groups in total. The highest BCUT2D eigenvalue weighted by Gasteiger charge is 2.25. The lowest BCUT2D eigenvalue weighted by Crippen LogP contribution is -2.25. The van der Waals surface area contributed by atoms with E-state index in [1.165, 1.54) is 12.3 Å². The van der Waals surface area contributed by atoms with Gasteiger partial charge >= 0.3 is 5.97 Å². The Morgan fingerprint density at radius 3 is 2.39 bits per heavy atom. The van der Waals surface area contributed by atoms with Crippen molar-refractivity contribution in [3.63, 3.8) is 0 Å². The molecule has 0 aliphatic rings. The third-order valence-corrected chi connectivity index (χ3v) is 2.29. The molecule has 2 rings (SSSR count). The summed E-state index contributed by atoms with van der Waals surface area (Å²) < 4.78 is 10.1. The Labute approximate surface area is 103 Å². The molecule has 1 amide bonds. The quantitative estimate of drug-likeness (QED) is 0.830. The minimum Gasteiger partial charge on any atom is -0.465 e. The van der Waals surface area contributed by atoms with Crippen LogP contribution in [0, 0.1) is 0 Å². The van der Waals surface area contributed by atoms with Crippen molar-refractivity contribution < 1.29 is 18.7 Å². The number of amides is 1. The molecular weight excluding hydrogens is 234 g/mol. The molecule has 1 heterocycles. The van der Waals surface area contributed by atoms with Gasteiger partial charge in [0.05, 0.1) is 11.8 Å². The van der Waals surface area contributed by atoms with Crippen LogP contribution in [0.5, 0.6) is 0 Å². The van der Waals surface area contributed by atoms with E-state index in [-0.39, 0.29) is 5.76 Å². The molecule has 0 fully saturated rings. The minimum atomic E-state index is -1.22. The number of carbonyl (C=O) groups excluding carboxylic acids is 2. The first-order valence-corrected chi connectivity index (χ1v) is 5.27. The molecule has 5 heteroatoms. The Bertz CT molecular complexity index is 533. The molecule has 0 bridgehead atoms. The maximum atomic E-state index is 11.8. The minimum absolute atomic E-state index is 0.201. The fraction of sp³-hybridized carbons (Fsp3) is 0.0769. The highest BCUT2D eigenvalue weighted by molar-refractivity contribution is 5.92. The Kier molecular flexibility index (Phi) is 3.43. The molecule has 18 heavy (non-hydrogen) atoms. The largest absolute Gasteiger partial charge is 0.465 e. The second-order valence-corrected chi connectivity index (χ2v) is 3.57. The van der Waals surface area contributed by atoms with Crippen LogP contribution in [0.4, 0.5) is 0 Å². The summed E-state index contributed by atoms with van der Waals surface area (Å²) in [6, 6.07) is 11.4. The van der Waals surface area contributed by atoms with Gasteiger partial charge in [-0.25, -0.2) is 4.79 Å². The molecule has 1 aromatic carbocycles. The van der Waals surface area contributed by atoms with Crippen molar-refractivity contribution in [2.24, 2.45) is 5.73 Å². The summed E-state index contributed by atoms with van der Waals surface area (Å²) in [5, 5.41) is 0. The number of benzene rings is 1. The van der Waals surface area contributed by atoms with Crippen molar-refractivity contribution in [2.75, 3.05) is 0 Å². The summed E-state index contributed by atoms with van der Waals surface area (Å²) in [6.07, 6.45) is 0.162. The predicted octanol–water partition coefficient (Wildman–Crippen LogP) is 1.66. The van der Waals surface area contributed by atoms with Crippen LogP contribution in [0.1, 0.15) is 22.2 Å². The Balaban J connectivity index is 2.16. The van der Waals surface area contributed by atoms with Crippen LogP contribution in [0.25, 0.3) is 0 Å². The number of carbonyl (C=O) groups is 2. The van der Waals surface area contributed by atoms with E-state index in [1.54, 1.807) is 36.4 Å². The first-order valence-electron chi connectivity index (χ1n) is 5.27. The van der Waals surface area contributed by atoms with Crippen LogP contribution in [0.3, 0.4) is 0 Å². The molecule has 0 spiro atoms. The van der Waals surface area contributed by atoms with Gasteiger partial charge in [-0.15, -0.1) is 0 Å². The standard InChI is InChI=1S/C13H11NO4/c14-12(15)11(10-7-4-8-17-10)18-13(16)9-5-2-1-3-6-9/h1-8,11H,(H2,14,15). The smallest absolute Gasteiger partial charge is 0.339 e.